The van der Waals surface area contributed by atoms with E-state index in [1.165, 1.54) is 6.20 Å². The van der Waals surface area contributed by atoms with Crippen molar-refractivity contribution < 1.29 is 9.59 Å². The van der Waals surface area contributed by atoms with Crippen molar-refractivity contribution in [3.63, 3.8) is 0 Å². The minimum atomic E-state index is -0.288. The van der Waals surface area contributed by atoms with Crippen molar-refractivity contribution in [2.75, 3.05) is 12.4 Å². The van der Waals surface area contributed by atoms with Crippen molar-refractivity contribution >= 4 is 17.5 Å². The molecule has 0 aliphatic heterocycles. The molecular weight excluding hydrogens is 268 g/mol. The summed E-state index contributed by atoms with van der Waals surface area (Å²) in [5.41, 5.74) is 2.33. The first-order chi connectivity index (χ1) is 10.0. The SMILES string of the molecule is CCn1cc(C(=O)Nc2ccc(C)cc2C(=O)NC)cn1. The van der Waals surface area contributed by atoms with Crippen molar-refractivity contribution in [2.45, 2.75) is 20.4 Å². The number of nitrogens with one attached hydrogen (secondary N) is 2. The molecule has 0 spiro atoms. The van der Waals surface area contributed by atoms with Crippen molar-refractivity contribution in [2.24, 2.45) is 0 Å². The van der Waals surface area contributed by atoms with E-state index >= 15 is 0 Å². The number of hydrogen-bond acceptors (Lipinski definition) is 3. The Balaban J connectivity index is 2.26. The Bertz CT molecular complexity index is 676. The highest BCUT2D eigenvalue weighted by molar-refractivity contribution is 6.08. The van der Waals surface area contributed by atoms with E-state index in [1.54, 1.807) is 30.1 Å². The normalized spacial score (nSPS) is 10.2. The molecule has 1 aromatic heterocycles. The molecule has 2 aromatic rings. The van der Waals surface area contributed by atoms with Gasteiger partial charge in [0.25, 0.3) is 11.8 Å². The summed E-state index contributed by atoms with van der Waals surface area (Å²) < 4.78 is 1.67. The Kier molecular flexibility index (Phi) is 4.37. The lowest BCUT2D eigenvalue weighted by Crippen LogP contribution is -2.21. The molecule has 110 valence electrons. The van der Waals surface area contributed by atoms with Crippen LogP contribution in [-0.2, 0) is 6.54 Å². The highest BCUT2D eigenvalue weighted by Gasteiger charge is 2.14. The maximum Gasteiger partial charge on any atom is 0.258 e. The maximum atomic E-state index is 12.2. The number of benzene rings is 1. The zero-order chi connectivity index (χ0) is 15.4. The van der Waals surface area contributed by atoms with Gasteiger partial charge in [-0.1, -0.05) is 11.6 Å². The number of amides is 2. The molecule has 0 unspecified atom stereocenters. The number of rotatable bonds is 4. The van der Waals surface area contributed by atoms with Gasteiger partial charge in [0, 0.05) is 19.8 Å². The topological polar surface area (TPSA) is 76.0 Å². The van der Waals surface area contributed by atoms with Crippen molar-refractivity contribution in [3.05, 3.63) is 47.3 Å². The van der Waals surface area contributed by atoms with E-state index in [0.717, 1.165) is 5.56 Å². The molecule has 6 nitrogen and oxygen atoms in total. The van der Waals surface area contributed by atoms with Crippen molar-refractivity contribution in [1.29, 1.82) is 0 Å². The first-order valence-corrected chi connectivity index (χ1v) is 6.71. The lowest BCUT2D eigenvalue weighted by molar-refractivity contribution is 0.0964. The molecule has 0 saturated carbocycles. The van der Waals surface area contributed by atoms with Gasteiger partial charge in [-0.25, -0.2) is 0 Å². The molecule has 0 bridgehead atoms. The van der Waals surface area contributed by atoms with Crippen LogP contribution in [0.3, 0.4) is 0 Å². The van der Waals surface area contributed by atoms with Gasteiger partial charge in [-0.2, -0.15) is 5.10 Å². The van der Waals surface area contributed by atoms with Gasteiger partial charge < -0.3 is 10.6 Å². The van der Waals surface area contributed by atoms with Gasteiger partial charge in [0.05, 0.1) is 23.0 Å². The third kappa shape index (κ3) is 3.28. The fraction of sp³-hybridized carbons (Fsp3) is 0.267. The number of anilines is 1. The molecule has 6 heteroatoms. The molecule has 0 aliphatic rings. The van der Waals surface area contributed by atoms with Crippen molar-refractivity contribution in [1.82, 2.24) is 15.1 Å². The van der Waals surface area contributed by atoms with Crippen LogP contribution in [0.2, 0.25) is 0 Å². The van der Waals surface area contributed by atoms with Crippen LogP contribution in [0.15, 0.2) is 30.6 Å². The van der Waals surface area contributed by atoms with E-state index in [1.807, 2.05) is 19.9 Å². The van der Waals surface area contributed by atoms with Gasteiger partial charge in [0.1, 0.15) is 0 Å². The summed E-state index contributed by atoms with van der Waals surface area (Å²) in [4.78, 5) is 24.1. The first kappa shape index (κ1) is 14.8. The Labute approximate surface area is 123 Å². The van der Waals surface area contributed by atoms with Crippen LogP contribution < -0.4 is 10.6 Å². The summed E-state index contributed by atoms with van der Waals surface area (Å²) in [6, 6.07) is 5.31. The second-order valence-corrected chi connectivity index (χ2v) is 4.67. The summed E-state index contributed by atoms with van der Waals surface area (Å²) >= 11 is 0. The van der Waals surface area contributed by atoms with Gasteiger partial charge in [-0.3, -0.25) is 14.3 Å². The van der Waals surface area contributed by atoms with Crippen LogP contribution in [0.25, 0.3) is 0 Å². The highest BCUT2D eigenvalue weighted by atomic mass is 16.2. The molecule has 2 amide bonds. The number of aromatic nitrogens is 2. The van der Waals surface area contributed by atoms with Gasteiger partial charge in [0.15, 0.2) is 0 Å². The van der Waals surface area contributed by atoms with E-state index in [4.69, 9.17) is 0 Å². The highest BCUT2D eigenvalue weighted by Crippen LogP contribution is 2.18. The van der Waals surface area contributed by atoms with Crippen LogP contribution in [0.4, 0.5) is 5.69 Å². The average molecular weight is 286 g/mol. The van der Waals surface area contributed by atoms with Crippen LogP contribution in [0.5, 0.6) is 0 Å². The minimum absolute atomic E-state index is 0.238. The van der Waals surface area contributed by atoms with Gasteiger partial charge in [-0.05, 0) is 26.0 Å². The fourth-order valence-electron chi connectivity index (χ4n) is 1.94. The number of carbonyl (C=O) groups excluding carboxylic acids is 2. The number of nitrogens with zero attached hydrogens (tertiary/aromatic N) is 2. The molecule has 1 heterocycles. The van der Waals surface area contributed by atoms with Gasteiger partial charge in [0.2, 0.25) is 0 Å². The minimum Gasteiger partial charge on any atom is -0.355 e. The molecule has 0 saturated heterocycles. The maximum absolute atomic E-state index is 12.2. The second kappa shape index (κ2) is 6.21. The van der Waals surface area contributed by atoms with E-state index in [9.17, 15) is 9.59 Å². The van der Waals surface area contributed by atoms with E-state index in [0.29, 0.717) is 23.4 Å². The molecule has 21 heavy (non-hydrogen) atoms. The third-order valence-corrected chi connectivity index (χ3v) is 3.11. The number of hydrogen-bond donors (Lipinski definition) is 2. The Morgan fingerprint density at radius 2 is 2.05 bits per heavy atom. The standard InChI is InChI=1S/C15H18N4O2/c1-4-19-9-11(8-17-19)14(20)18-13-6-5-10(2)7-12(13)15(21)16-3/h5-9H,4H2,1-3H3,(H,16,21)(H,18,20). The zero-order valence-corrected chi connectivity index (χ0v) is 12.3. The quantitative estimate of drug-likeness (QED) is 0.900. The summed E-state index contributed by atoms with van der Waals surface area (Å²) in [6.07, 6.45) is 3.18. The number of aryl methyl sites for hydroxylation is 2. The molecule has 1 aromatic carbocycles. The predicted octanol–water partition coefficient (Wildman–Crippen LogP) is 1.82. The van der Waals surface area contributed by atoms with Gasteiger partial charge in [-0.15, -0.1) is 0 Å². The smallest absolute Gasteiger partial charge is 0.258 e. The Morgan fingerprint density at radius 3 is 2.67 bits per heavy atom. The zero-order valence-electron chi connectivity index (χ0n) is 12.3. The molecule has 0 aliphatic carbocycles. The summed E-state index contributed by atoms with van der Waals surface area (Å²) in [7, 11) is 1.56. The lowest BCUT2D eigenvalue weighted by atomic mass is 10.1. The van der Waals surface area contributed by atoms with E-state index in [2.05, 4.69) is 15.7 Å². The summed E-state index contributed by atoms with van der Waals surface area (Å²) in [5, 5.41) is 9.38. The third-order valence-electron chi connectivity index (χ3n) is 3.11. The lowest BCUT2D eigenvalue weighted by Gasteiger charge is -2.10. The molecule has 0 fully saturated rings. The second-order valence-electron chi connectivity index (χ2n) is 4.67. The number of carbonyl (C=O) groups is 2. The Morgan fingerprint density at radius 1 is 1.29 bits per heavy atom. The molecule has 0 atom stereocenters. The predicted molar refractivity (Wildman–Crippen MR) is 80.4 cm³/mol. The van der Waals surface area contributed by atoms with Crippen molar-refractivity contribution in [3.8, 4) is 0 Å². The van der Waals surface area contributed by atoms with Crippen LogP contribution in [0.1, 0.15) is 33.2 Å². The van der Waals surface area contributed by atoms with E-state index in [-0.39, 0.29) is 11.8 Å². The molecule has 2 N–H and O–H groups in total. The monoisotopic (exact) mass is 286 g/mol. The van der Waals surface area contributed by atoms with Crippen LogP contribution >= 0.6 is 0 Å². The Hall–Kier alpha value is -2.63. The first-order valence-electron chi connectivity index (χ1n) is 6.71. The van der Waals surface area contributed by atoms with Crippen LogP contribution in [-0.4, -0.2) is 28.6 Å². The fourth-order valence-corrected chi connectivity index (χ4v) is 1.94. The van der Waals surface area contributed by atoms with Gasteiger partial charge >= 0.3 is 0 Å². The molecular formula is C15H18N4O2. The summed E-state index contributed by atoms with van der Waals surface area (Å²) in [6.45, 7) is 4.53. The molecule has 0 radical (unpaired) electrons. The summed E-state index contributed by atoms with van der Waals surface area (Å²) in [5.74, 6) is -0.526. The van der Waals surface area contributed by atoms with E-state index < -0.39 is 0 Å². The largest absolute Gasteiger partial charge is 0.355 e. The average Bonchev–Trinajstić information content (AvgIpc) is 2.97. The van der Waals surface area contributed by atoms with Crippen LogP contribution in [0, 0.1) is 6.92 Å². The molecule has 2 rings (SSSR count).